The fraction of sp³-hybridized carbons (Fsp3) is 0.500. The van der Waals surface area contributed by atoms with Crippen molar-refractivity contribution < 1.29 is 28.7 Å². The molecule has 0 bridgehead atoms. The first-order valence-electron chi connectivity index (χ1n) is 10.9. The summed E-state index contributed by atoms with van der Waals surface area (Å²) in [6.45, 7) is 4.88. The average Bonchev–Trinajstić information content (AvgIpc) is 2.78. The van der Waals surface area contributed by atoms with E-state index in [1.165, 1.54) is 6.92 Å². The van der Waals surface area contributed by atoms with E-state index in [4.69, 9.17) is 16.2 Å². The summed E-state index contributed by atoms with van der Waals surface area (Å²) >= 11 is 0. The van der Waals surface area contributed by atoms with Gasteiger partial charge in [-0.1, -0.05) is 26.0 Å². The van der Waals surface area contributed by atoms with Gasteiger partial charge in [0.25, 0.3) is 0 Å². The molecule has 0 saturated carbocycles. The summed E-state index contributed by atoms with van der Waals surface area (Å²) in [5, 5.41) is 10.4. The molecule has 188 valence electrons. The second-order valence-corrected chi connectivity index (χ2v) is 7.95. The lowest BCUT2D eigenvalue weighted by Gasteiger charge is -2.25. The SMILES string of the molecule is CC(=O)OCc1ccc(NC(=O)[C@H](CCCNC(N)=O)NC(=O)C(NC(=O)CN)C(C)C)cc1. The molecule has 0 aliphatic rings. The maximum Gasteiger partial charge on any atom is 0.312 e. The molecule has 0 radical (unpaired) electrons. The Morgan fingerprint density at radius 2 is 1.65 bits per heavy atom. The summed E-state index contributed by atoms with van der Waals surface area (Å²) in [7, 11) is 0. The molecule has 0 fully saturated rings. The first-order chi connectivity index (χ1) is 16.0. The van der Waals surface area contributed by atoms with Crippen LogP contribution in [-0.2, 0) is 30.5 Å². The molecule has 8 N–H and O–H groups in total. The van der Waals surface area contributed by atoms with Crippen molar-refractivity contribution in [2.75, 3.05) is 18.4 Å². The zero-order chi connectivity index (χ0) is 25.7. The largest absolute Gasteiger partial charge is 0.461 e. The van der Waals surface area contributed by atoms with Crippen LogP contribution in [0.1, 0.15) is 39.2 Å². The highest BCUT2D eigenvalue weighted by Crippen LogP contribution is 2.12. The smallest absolute Gasteiger partial charge is 0.312 e. The number of hydrogen-bond donors (Lipinski definition) is 6. The van der Waals surface area contributed by atoms with Crippen LogP contribution in [0.3, 0.4) is 0 Å². The number of benzene rings is 1. The number of amides is 5. The van der Waals surface area contributed by atoms with Gasteiger partial charge in [0.05, 0.1) is 6.54 Å². The minimum absolute atomic E-state index is 0.111. The van der Waals surface area contributed by atoms with E-state index in [0.29, 0.717) is 12.1 Å². The van der Waals surface area contributed by atoms with Gasteiger partial charge in [-0.3, -0.25) is 19.2 Å². The summed E-state index contributed by atoms with van der Waals surface area (Å²) < 4.78 is 4.93. The van der Waals surface area contributed by atoms with E-state index in [1.54, 1.807) is 38.1 Å². The van der Waals surface area contributed by atoms with E-state index >= 15 is 0 Å². The third-order valence-corrected chi connectivity index (χ3v) is 4.72. The number of nitrogens with two attached hydrogens (primary N) is 2. The number of ether oxygens (including phenoxy) is 1. The van der Waals surface area contributed by atoms with Crippen LogP contribution in [0.15, 0.2) is 24.3 Å². The van der Waals surface area contributed by atoms with Gasteiger partial charge in [-0.15, -0.1) is 0 Å². The zero-order valence-corrected chi connectivity index (χ0v) is 19.7. The fourth-order valence-corrected chi connectivity index (χ4v) is 2.91. The van der Waals surface area contributed by atoms with Crippen LogP contribution in [0.5, 0.6) is 0 Å². The van der Waals surface area contributed by atoms with Crippen molar-refractivity contribution in [1.82, 2.24) is 16.0 Å². The van der Waals surface area contributed by atoms with Crippen molar-refractivity contribution in [3.8, 4) is 0 Å². The number of urea groups is 1. The standard InChI is InChI=1S/C22H34N6O6/c1-13(2)19(28-18(30)11-23)21(32)27-17(5-4-10-25-22(24)33)20(31)26-16-8-6-15(7-9-16)12-34-14(3)29/h6-9,13,17,19H,4-5,10-12,23H2,1-3H3,(H,26,31)(H,27,32)(H,28,30)(H3,24,25,33)/t17-,19?/m0/s1. The summed E-state index contributed by atoms with van der Waals surface area (Å²) in [4.78, 5) is 59.3. The molecule has 0 saturated heterocycles. The van der Waals surface area contributed by atoms with E-state index in [0.717, 1.165) is 5.56 Å². The molecule has 0 heterocycles. The van der Waals surface area contributed by atoms with Crippen LogP contribution in [0.4, 0.5) is 10.5 Å². The Morgan fingerprint density at radius 3 is 2.18 bits per heavy atom. The highest BCUT2D eigenvalue weighted by Gasteiger charge is 2.28. The van der Waals surface area contributed by atoms with Crippen molar-refractivity contribution in [1.29, 1.82) is 0 Å². The van der Waals surface area contributed by atoms with Gasteiger partial charge in [0.1, 0.15) is 18.7 Å². The van der Waals surface area contributed by atoms with Gasteiger partial charge >= 0.3 is 12.0 Å². The lowest BCUT2D eigenvalue weighted by atomic mass is 10.0. The predicted molar refractivity (Wildman–Crippen MR) is 125 cm³/mol. The molecule has 1 unspecified atom stereocenters. The lowest BCUT2D eigenvalue weighted by Crippen LogP contribution is -2.55. The minimum Gasteiger partial charge on any atom is -0.461 e. The van der Waals surface area contributed by atoms with Gasteiger partial charge < -0.3 is 37.5 Å². The molecule has 1 aromatic carbocycles. The quantitative estimate of drug-likeness (QED) is 0.166. The topological polar surface area (TPSA) is 195 Å². The molecule has 5 amide bonds. The molecule has 12 nitrogen and oxygen atoms in total. The van der Waals surface area contributed by atoms with Crippen molar-refractivity contribution in [2.24, 2.45) is 17.4 Å². The number of carbonyl (C=O) groups is 5. The summed E-state index contributed by atoms with van der Waals surface area (Å²) in [6, 6.07) is 4.16. The molecular weight excluding hydrogens is 444 g/mol. The number of nitrogens with one attached hydrogen (secondary N) is 4. The average molecular weight is 479 g/mol. The number of primary amides is 1. The zero-order valence-electron chi connectivity index (χ0n) is 19.7. The van der Waals surface area contributed by atoms with Crippen molar-refractivity contribution >= 4 is 35.4 Å². The number of carbonyl (C=O) groups excluding carboxylic acids is 5. The highest BCUT2D eigenvalue weighted by molar-refractivity contribution is 5.98. The monoisotopic (exact) mass is 478 g/mol. The minimum atomic E-state index is -0.945. The van der Waals surface area contributed by atoms with Crippen molar-refractivity contribution in [3.05, 3.63) is 29.8 Å². The Bertz CT molecular complexity index is 858. The normalized spacial score (nSPS) is 12.3. The lowest BCUT2D eigenvalue weighted by molar-refractivity contribution is -0.142. The number of anilines is 1. The van der Waals surface area contributed by atoms with Crippen LogP contribution < -0.4 is 32.7 Å². The van der Waals surface area contributed by atoms with Crippen LogP contribution in [0.25, 0.3) is 0 Å². The molecule has 0 aliphatic carbocycles. The number of esters is 1. The summed E-state index contributed by atoms with van der Waals surface area (Å²) in [5.41, 5.74) is 11.6. The summed E-state index contributed by atoms with van der Waals surface area (Å²) in [6.07, 6.45) is 0.572. The molecule has 0 spiro atoms. The third kappa shape index (κ3) is 10.8. The van der Waals surface area contributed by atoms with Crippen LogP contribution >= 0.6 is 0 Å². The van der Waals surface area contributed by atoms with Gasteiger partial charge in [0.15, 0.2) is 0 Å². The molecule has 1 aromatic rings. The van der Waals surface area contributed by atoms with E-state index < -0.39 is 41.8 Å². The second-order valence-electron chi connectivity index (χ2n) is 7.95. The van der Waals surface area contributed by atoms with Crippen LogP contribution in [-0.4, -0.2) is 54.9 Å². The Morgan fingerprint density at radius 1 is 1.00 bits per heavy atom. The molecule has 12 heteroatoms. The number of hydrogen-bond acceptors (Lipinski definition) is 7. The van der Waals surface area contributed by atoms with Crippen molar-refractivity contribution in [3.63, 3.8) is 0 Å². The molecule has 34 heavy (non-hydrogen) atoms. The molecule has 0 aliphatic heterocycles. The molecule has 2 atom stereocenters. The van der Waals surface area contributed by atoms with E-state index in [2.05, 4.69) is 21.3 Å². The Kier molecular flexibility index (Phi) is 12.1. The molecular formula is C22H34N6O6. The van der Waals surface area contributed by atoms with E-state index in [-0.39, 0.29) is 32.0 Å². The number of rotatable bonds is 13. The maximum absolute atomic E-state index is 12.9. The Hall–Kier alpha value is -3.67. The van der Waals surface area contributed by atoms with Gasteiger partial charge in [0, 0.05) is 19.2 Å². The Balaban J connectivity index is 2.89. The van der Waals surface area contributed by atoms with E-state index in [1.807, 2.05) is 0 Å². The highest BCUT2D eigenvalue weighted by atomic mass is 16.5. The third-order valence-electron chi connectivity index (χ3n) is 4.72. The Labute approximate surface area is 198 Å². The maximum atomic E-state index is 12.9. The summed E-state index contributed by atoms with van der Waals surface area (Å²) in [5.74, 6) is -2.15. The first-order valence-corrected chi connectivity index (χ1v) is 10.9. The van der Waals surface area contributed by atoms with Gasteiger partial charge in [0.2, 0.25) is 17.7 Å². The predicted octanol–water partition coefficient (Wildman–Crippen LogP) is -0.279. The van der Waals surface area contributed by atoms with Gasteiger partial charge in [-0.25, -0.2) is 4.79 Å². The van der Waals surface area contributed by atoms with Crippen LogP contribution in [0, 0.1) is 5.92 Å². The van der Waals surface area contributed by atoms with Crippen LogP contribution in [0.2, 0.25) is 0 Å². The van der Waals surface area contributed by atoms with Gasteiger partial charge in [-0.05, 0) is 36.5 Å². The van der Waals surface area contributed by atoms with Crippen molar-refractivity contribution in [2.45, 2.75) is 52.3 Å². The van der Waals surface area contributed by atoms with Gasteiger partial charge in [-0.2, -0.15) is 0 Å². The molecule has 0 aromatic heterocycles. The molecule has 1 rings (SSSR count). The first kappa shape index (κ1) is 28.4. The fourth-order valence-electron chi connectivity index (χ4n) is 2.91. The second kappa shape index (κ2) is 14.5. The van der Waals surface area contributed by atoms with E-state index in [9.17, 15) is 24.0 Å².